The fraction of sp³-hybridized carbons (Fsp3) is 0.0556. The fourth-order valence-corrected chi connectivity index (χ4v) is 1.82. The molecule has 0 aliphatic rings. The minimum atomic E-state index is -1.26. The monoisotopic (exact) mass is 340 g/mol. The molecule has 0 saturated heterocycles. The smallest absolute Gasteiger partial charge is 0.328 e. The van der Waals surface area contributed by atoms with Crippen molar-refractivity contribution in [1.29, 1.82) is 0 Å². The van der Waals surface area contributed by atoms with Crippen molar-refractivity contribution in [3.8, 4) is 5.75 Å². The lowest BCUT2D eigenvalue weighted by molar-refractivity contribution is -0.131. The number of rotatable bonds is 6. The number of carbonyl (C=O) groups excluding carboxylic acids is 2. The van der Waals surface area contributed by atoms with Crippen molar-refractivity contribution in [3.63, 3.8) is 0 Å². The van der Waals surface area contributed by atoms with E-state index in [9.17, 15) is 14.4 Å². The maximum Gasteiger partial charge on any atom is 0.328 e. The lowest BCUT2D eigenvalue weighted by Crippen LogP contribution is -2.40. The SMILES string of the molecule is O=C(O)/C=C/C(=O)NNC(=O)c1ccc(OCc2ccccc2)cc1. The lowest BCUT2D eigenvalue weighted by atomic mass is 10.2. The molecule has 0 aliphatic heterocycles. The first-order chi connectivity index (χ1) is 12.0. The predicted octanol–water partition coefficient (Wildman–Crippen LogP) is 1.67. The van der Waals surface area contributed by atoms with Gasteiger partial charge in [0.15, 0.2) is 0 Å². The molecule has 7 nitrogen and oxygen atoms in total. The Bertz CT molecular complexity index is 770. The van der Waals surface area contributed by atoms with E-state index in [0.29, 0.717) is 24.0 Å². The first-order valence-corrected chi connectivity index (χ1v) is 7.33. The molecule has 25 heavy (non-hydrogen) atoms. The van der Waals surface area contributed by atoms with Crippen molar-refractivity contribution >= 4 is 17.8 Å². The second-order valence-electron chi connectivity index (χ2n) is 4.91. The molecule has 7 heteroatoms. The number of aliphatic carboxylic acids is 1. The number of carbonyl (C=O) groups is 3. The number of hydrazine groups is 1. The van der Waals surface area contributed by atoms with Crippen LogP contribution < -0.4 is 15.6 Å². The van der Waals surface area contributed by atoms with Crippen LogP contribution in [0, 0.1) is 0 Å². The average molecular weight is 340 g/mol. The average Bonchev–Trinajstić information content (AvgIpc) is 2.64. The molecule has 2 rings (SSSR count). The summed E-state index contributed by atoms with van der Waals surface area (Å²) in [5.41, 5.74) is 5.60. The standard InChI is InChI=1S/C18H16N2O5/c21-16(10-11-17(22)23)19-20-18(24)14-6-8-15(9-7-14)25-12-13-4-2-1-3-5-13/h1-11H,12H2,(H,19,21)(H,20,24)(H,22,23)/b11-10+. The molecule has 2 aromatic rings. The van der Waals surface area contributed by atoms with Crippen LogP contribution in [0.5, 0.6) is 5.75 Å². The van der Waals surface area contributed by atoms with E-state index >= 15 is 0 Å². The van der Waals surface area contributed by atoms with E-state index in [2.05, 4.69) is 10.9 Å². The van der Waals surface area contributed by atoms with Crippen molar-refractivity contribution in [2.45, 2.75) is 6.61 Å². The quantitative estimate of drug-likeness (QED) is 0.548. The van der Waals surface area contributed by atoms with Gasteiger partial charge >= 0.3 is 5.97 Å². The highest BCUT2D eigenvalue weighted by Gasteiger charge is 2.06. The van der Waals surface area contributed by atoms with Gasteiger partial charge in [-0.3, -0.25) is 20.4 Å². The summed E-state index contributed by atoms with van der Waals surface area (Å²) < 4.78 is 5.61. The van der Waals surface area contributed by atoms with Crippen molar-refractivity contribution in [3.05, 3.63) is 77.9 Å². The summed E-state index contributed by atoms with van der Waals surface area (Å²) in [6, 6.07) is 16.1. The van der Waals surface area contributed by atoms with Gasteiger partial charge in [0.1, 0.15) is 12.4 Å². The number of carboxylic acid groups (broad SMARTS) is 1. The third kappa shape index (κ3) is 6.19. The normalized spacial score (nSPS) is 10.2. The van der Waals surface area contributed by atoms with Gasteiger partial charge in [-0.2, -0.15) is 0 Å². The molecule has 128 valence electrons. The highest BCUT2D eigenvalue weighted by molar-refractivity contribution is 5.98. The van der Waals surface area contributed by atoms with Crippen LogP contribution >= 0.6 is 0 Å². The highest BCUT2D eigenvalue weighted by atomic mass is 16.5. The zero-order chi connectivity index (χ0) is 18.1. The minimum Gasteiger partial charge on any atom is -0.489 e. The molecule has 0 heterocycles. The Morgan fingerprint density at radius 1 is 0.920 bits per heavy atom. The van der Waals surface area contributed by atoms with E-state index < -0.39 is 17.8 Å². The van der Waals surface area contributed by atoms with Crippen LogP contribution in [0.25, 0.3) is 0 Å². The third-order valence-electron chi connectivity index (χ3n) is 3.04. The van der Waals surface area contributed by atoms with E-state index in [1.807, 2.05) is 30.3 Å². The molecule has 0 bridgehead atoms. The zero-order valence-corrected chi connectivity index (χ0v) is 13.1. The first kappa shape index (κ1) is 17.7. The van der Waals surface area contributed by atoms with Gasteiger partial charge in [0, 0.05) is 17.7 Å². The molecule has 0 saturated carbocycles. The van der Waals surface area contributed by atoms with Gasteiger partial charge in [0.25, 0.3) is 11.8 Å². The topological polar surface area (TPSA) is 105 Å². The van der Waals surface area contributed by atoms with Gasteiger partial charge in [0.2, 0.25) is 0 Å². The van der Waals surface area contributed by atoms with Crippen LogP contribution in [-0.4, -0.2) is 22.9 Å². The second-order valence-corrected chi connectivity index (χ2v) is 4.91. The second kappa shape index (κ2) is 8.88. The van der Waals surface area contributed by atoms with E-state index in [4.69, 9.17) is 9.84 Å². The molecule has 0 aliphatic carbocycles. The van der Waals surface area contributed by atoms with Gasteiger partial charge in [-0.1, -0.05) is 30.3 Å². The number of ether oxygens (including phenoxy) is 1. The molecule has 3 N–H and O–H groups in total. The summed E-state index contributed by atoms with van der Waals surface area (Å²) >= 11 is 0. The Kier molecular flexibility index (Phi) is 6.30. The molecule has 0 fully saturated rings. The molecule has 0 unspecified atom stereocenters. The van der Waals surface area contributed by atoms with Crippen LogP contribution in [0.2, 0.25) is 0 Å². The zero-order valence-electron chi connectivity index (χ0n) is 13.1. The van der Waals surface area contributed by atoms with E-state index in [-0.39, 0.29) is 0 Å². The van der Waals surface area contributed by atoms with Crippen molar-refractivity contribution in [2.75, 3.05) is 0 Å². The molecule has 2 amide bonds. The van der Waals surface area contributed by atoms with Crippen LogP contribution in [0.15, 0.2) is 66.7 Å². The maximum absolute atomic E-state index is 11.9. The Labute approximate surface area is 143 Å². The van der Waals surface area contributed by atoms with Crippen molar-refractivity contribution in [1.82, 2.24) is 10.9 Å². The molecule has 0 radical (unpaired) electrons. The van der Waals surface area contributed by atoms with E-state index in [1.54, 1.807) is 24.3 Å². The summed E-state index contributed by atoms with van der Waals surface area (Å²) in [5.74, 6) is -1.94. The Morgan fingerprint density at radius 2 is 1.60 bits per heavy atom. The van der Waals surface area contributed by atoms with E-state index in [1.165, 1.54) is 0 Å². The third-order valence-corrected chi connectivity index (χ3v) is 3.04. The van der Waals surface area contributed by atoms with Crippen LogP contribution in [-0.2, 0) is 16.2 Å². The van der Waals surface area contributed by atoms with Crippen LogP contribution in [0.4, 0.5) is 0 Å². The Hall–Kier alpha value is -3.61. The molecule has 0 atom stereocenters. The van der Waals surface area contributed by atoms with Crippen molar-refractivity contribution < 1.29 is 24.2 Å². The molecular weight excluding hydrogens is 324 g/mol. The van der Waals surface area contributed by atoms with E-state index in [0.717, 1.165) is 11.6 Å². The summed E-state index contributed by atoms with van der Waals surface area (Å²) in [5, 5.41) is 8.39. The molecular formula is C18H16N2O5. The summed E-state index contributed by atoms with van der Waals surface area (Å²) in [6.45, 7) is 0.415. The number of hydrogen-bond donors (Lipinski definition) is 3. The Morgan fingerprint density at radius 3 is 2.24 bits per heavy atom. The summed E-state index contributed by atoms with van der Waals surface area (Å²) in [4.78, 5) is 33.4. The highest BCUT2D eigenvalue weighted by Crippen LogP contribution is 2.14. The van der Waals surface area contributed by atoms with Gasteiger partial charge in [-0.15, -0.1) is 0 Å². The molecule has 0 aromatic heterocycles. The number of carboxylic acids is 1. The number of amides is 2. The summed E-state index contributed by atoms with van der Waals surface area (Å²) in [6.07, 6.45) is 1.46. The minimum absolute atomic E-state index is 0.314. The van der Waals surface area contributed by atoms with Gasteiger partial charge in [-0.25, -0.2) is 4.79 Å². The van der Waals surface area contributed by atoms with Crippen LogP contribution in [0.1, 0.15) is 15.9 Å². The maximum atomic E-state index is 11.9. The largest absolute Gasteiger partial charge is 0.489 e. The van der Waals surface area contributed by atoms with Crippen LogP contribution in [0.3, 0.4) is 0 Å². The number of benzene rings is 2. The van der Waals surface area contributed by atoms with Gasteiger partial charge in [0.05, 0.1) is 0 Å². The predicted molar refractivity (Wildman–Crippen MR) is 89.6 cm³/mol. The molecule has 2 aromatic carbocycles. The number of nitrogens with one attached hydrogen (secondary N) is 2. The Balaban J connectivity index is 1.83. The summed E-state index contributed by atoms with van der Waals surface area (Å²) in [7, 11) is 0. The van der Waals surface area contributed by atoms with Gasteiger partial charge < -0.3 is 9.84 Å². The number of hydrogen-bond acceptors (Lipinski definition) is 4. The van der Waals surface area contributed by atoms with Gasteiger partial charge in [-0.05, 0) is 29.8 Å². The van der Waals surface area contributed by atoms with Crippen molar-refractivity contribution in [2.24, 2.45) is 0 Å². The first-order valence-electron chi connectivity index (χ1n) is 7.33. The fourth-order valence-electron chi connectivity index (χ4n) is 1.82. The lowest BCUT2D eigenvalue weighted by Gasteiger charge is -2.08. The molecule has 0 spiro atoms.